The van der Waals surface area contributed by atoms with Gasteiger partial charge in [-0.05, 0) is 92.7 Å². The number of aliphatic hydroxyl groups is 1. The van der Waals surface area contributed by atoms with E-state index in [1.54, 1.807) is 17.7 Å². The van der Waals surface area contributed by atoms with Crippen LogP contribution in [0.1, 0.15) is 64.2 Å². The Labute approximate surface area is 175 Å². The van der Waals surface area contributed by atoms with Gasteiger partial charge in [-0.25, -0.2) is 4.39 Å². The lowest BCUT2D eigenvalue weighted by Gasteiger charge is -2.58. The molecule has 2 N–H and O–H groups in total. The Bertz CT molecular complexity index is 1010. The Balaban J connectivity index is 1.38. The number of nitrogens with one attached hydrogen (secondary N) is 1. The van der Waals surface area contributed by atoms with Gasteiger partial charge in [-0.15, -0.1) is 0 Å². The topological polar surface area (TPSA) is 71.3 Å². The molecule has 1 aromatic carbocycles. The number of hydrogen-bond donors (Lipinski definition) is 2. The molecule has 158 valence electrons. The molecule has 1 heterocycles. The van der Waals surface area contributed by atoms with E-state index < -0.39 is 11.4 Å². The Morgan fingerprint density at radius 1 is 1.13 bits per heavy atom. The molecular formula is C24H27FN2O3. The molecule has 4 aliphatic carbocycles. The van der Waals surface area contributed by atoms with Gasteiger partial charge in [-0.3, -0.25) is 9.59 Å². The van der Waals surface area contributed by atoms with Gasteiger partial charge in [-0.2, -0.15) is 0 Å². The molecule has 5 nitrogen and oxygen atoms in total. The number of carbonyl (C=O) groups is 2. The van der Waals surface area contributed by atoms with E-state index in [2.05, 4.69) is 5.32 Å². The van der Waals surface area contributed by atoms with E-state index in [0.717, 1.165) is 37.7 Å². The summed E-state index contributed by atoms with van der Waals surface area (Å²) in [6, 6.07) is 7.24. The van der Waals surface area contributed by atoms with Crippen molar-refractivity contribution in [2.75, 3.05) is 0 Å². The van der Waals surface area contributed by atoms with Gasteiger partial charge >= 0.3 is 0 Å². The van der Waals surface area contributed by atoms with Crippen LogP contribution in [0.4, 0.5) is 4.39 Å². The standard InChI is InChI=1S/C24H27FN2O3/c1-13-7-19(22(28)15-3-5-18(25)6-4-15)27(2)21(13)23(29)26-20-16-8-14-9-17(20)12-24(30,10-14)11-16/h3-7,14,16-17,20,30H,8-12H2,1-2H3,(H,26,29). The fourth-order valence-corrected chi connectivity index (χ4v) is 6.49. The largest absolute Gasteiger partial charge is 0.390 e. The lowest BCUT2D eigenvalue weighted by atomic mass is 9.52. The maximum absolute atomic E-state index is 13.2. The predicted molar refractivity (Wildman–Crippen MR) is 110 cm³/mol. The second kappa shape index (κ2) is 6.77. The van der Waals surface area contributed by atoms with Crippen LogP contribution in [0.5, 0.6) is 0 Å². The maximum Gasteiger partial charge on any atom is 0.268 e. The van der Waals surface area contributed by atoms with E-state index in [0.29, 0.717) is 34.7 Å². The molecule has 4 saturated carbocycles. The van der Waals surface area contributed by atoms with Crippen LogP contribution in [-0.2, 0) is 7.05 Å². The molecule has 0 radical (unpaired) electrons. The number of aryl methyl sites for hydroxylation is 1. The number of halogens is 1. The smallest absolute Gasteiger partial charge is 0.268 e. The summed E-state index contributed by atoms with van der Waals surface area (Å²) in [4.78, 5) is 26.1. The minimum atomic E-state index is -0.534. The number of aromatic nitrogens is 1. The van der Waals surface area contributed by atoms with Gasteiger partial charge < -0.3 is 15.0 Å². The van der Waals surface area contributed by atoms with E-state index in [1.165, 1.54) is 24.3 Å². The van der Waals surface area contributed by atoms with Gasteiger partial charge in [0.05, 0.1) is 11.3 Å². The molecule has 0 saturated heterocycles. The number of hydrogen-bond acceptors (Lipinski definition) is 3. The number of amides is 1. The Morgan fingerprint density at radius 3 is 2.37 bits per heavy atom. The van der Waals surface area contributed by atoms with E-state index in [1.807, 2.05) is 6.92 Å². The summed E-state index contributed by atoms with van der Waals surface area (Å²) in [7, 11) is 1.72. The van der Waals surface area contributed by atoms with Crippen LogP contribution in [0.3, 0.4) is 0 Å². The van der Waals surface area contributed by atoms with Gasteiger partial charge in [-0.1, -0.05) is 0 Å². The van der Waals surface area contributed by atoms with Crippen LogP contribution < -0.4 is 5.32 Å². The Hall–Kier alpha value is -2.47. The molecule has 2 unspecified atom stereocenters. The van der Waals surface area contributed by atoms with Crippen molar-refractivity contribution in [1.29, 1.82) is 0 Å². The second-order valence-corrected chi connectivity index (χ2v) is 9.65. The zero-order valence-electron chi connectivity index (χ0n) is 17.3. The molecule has 1 amide bonds. The van der Waals surface area contributed by atoms with Gasteiger partial charge in [0.2, 0.25) is 5.78 Å². The summed E-state index contributed by atoms with van der Waals surface area (Å²) in [5.41, 5.74) is 1.48. The van der Waals surface area contributed by atoms with Crippen molar-refractivity contribution in [2.24, 2.45) is 24.8 Å². The number of benzene rings is 1. The van der Waals surface area contributed by atoms with Crippen molar-refractivity contribution in [2.45, 2.75) is 50.7 Å². The molecule has 30 heavy (non-hydrogen) atoms. The molecule has 6 rings (SSSR count). The predicted octanol–water partition coefficient (Wildman–Crippen LogP) is 3.37. The van der Waals surface area contributed by atoms with Crippen LogP contribution in [-0.4, -0.2) is 33.0 Å². The highest BCUT2D eigenvalue weighted by Gasteiger charge is 2.55. The average Bonchev–Trinajstić information content (AvgIpc) is 2.97. The number of nitrogens with zero attached hydrogens (tertiary/aromatic N) is 1. The van der Waals surface area contributed by atoms with Crippen LogP contribution in [0, 0.1) is 30.5 Å². The zero-order chi connectivity index (χ0) is 21.2. The minimum Gasteiger partial charge on any atom is -0.390 e. The van der Waals surface area contributed by atoms with E-state index in [9.17, 15) is 19.1 Å². The van der Waals surface area contributed by atoms with Crippen LogP contribution in [0.25, 0.3) is 0 Å². The first kappa shape index (κ1) is 19.5. The Morgan fingerprint density at radius 2 is 1.77 bits per heavy atom. The minimum absolute atomic E-state index is 0.0832. The van der Waals surface area contributed by atoms with Crippen molar-refractivity contribution in [3.05, 3.63) is 58.7 Å². The van der Waals surface area contributed by atoms with Crippen LogP contribution >= 0.6 is 0 Å². The van der Waals surface area contributed by atoms with E-state index >= 15 is 0 Å². The van der Waals surface area contributed by atoms with Gasteiger partial charge in [0, 0.05) is 18.7 Å². The normalized spacial score (nSPS) is 31.7. The molecule has 6 heteroatoms. The summed E-state index contributed by atoms with van der Waals surface area (Å²) >= 11 is 0. The summed E-state index contributed by atoms with van der Waals surface area (Å²) in [5.74, 6) is 0.429. The van der Waals surface area contributed by atoms with Gasteiger partial charge in [0.25, 0.3) is 5.91 Å². The monoisotopic (exact) mass is 410 g/mol. The SMILES string of the molecule is Cc1cc(C(=O)c2ccc(F)cc2)n(C)c1C(=O)NC1C2CC3CC1CC(O)(C3)C2. The van der Waals surface area contributed by atoms with Crippen molar-refractivity contribution in [3.63, 3.8) is 0 Å². The summed E-state index contributed by atoms with van der Waals surface area (Å²) in [5, 5.41) is 14.0. The summed E-state index contributed by atoms with van der Waals surface area (Å²) in [6.45, 7) is 1.83. The van der Waals surface area contributed by atoms with Gasteiger partial charge in [0.15, 0.2) is 0 Å². The third-order valence-electron chi connectivity index (χ3n) is 7.52. The Kier molecular flexibility index (Phi) is 4.40. The third-order valence-corrected chi connectivity index (χ3v) is 7.52. The maximum atomic E-state index is 13.2. The first-order valence-electron chi connectivity index (χ1n) is 10.7. The average molecular weight is 410 g/mol. The second-order valence-electron chi connectivity index (χ2n) is 9.65. The molecule has 1 aromatic heterocycles. The first-order valence-corrected chi connectivity index (χ1v) is 10.7. The molecule has 2 atom stereocenters. The molecule has 4 fully saturated rings. The molecule has 0 spiro atoms. The van der Waals surface area contributed by atoms with Crippen molar-refractivity contribution in [3.8, 4) is 0 Å². The van der Waals surface area contributed by atoms with Crippen molar-refractivity contribution in [1.82, 2.24) is 9.88 Å². The highest BCUT2D eigenvalue weighted by Crippen LogP contribution is 2.55. The van der Waals surface area contributed by atoms with E-state index in [-0.39, 0.29) is 17.7 Å². The molecule has 4 aliphatic rings. The van der Waals surface area contributed by atoms with Crippen molar-refractivity contribution >= 4 is 11.7 Å². The molecule has 2 aromatic rings. The number of rotatable bonds is 4. The van der Waals surface area contributed by atoms with Crippen LogP contribution in [0.15, 0.2) is 30.3 Å². The van der Waals surface area contributed by atoms with E-state index in [4.69, 9.17) is 0 Å². The molecule has 0 aliphatic heterocycles. The fourth-order valence-electron chi connectivity index (χ4n) is 6.49. The summed E-state index contributed by atoms with van der Waals surface area (Å²) in [6.07, 6.45) is 4.59. The third kappa shape index (κ3) is 3.09. The summed E-state index contributed by atoms with van der Waals surface area (Å²) < 4.78 is 14.8. The first-order chi connectivity index (χ1) is 14.2. The van der Waals surface area contributed by atoms with Crippen molar-refractivity contribution < 1.29 is 19.1 Å². The highest BCUT2D eigenvalue weighted by molar-refractivity contribution is 6.09. The molecule has 4 bridgehead atoms. The van der Waals surface area contributed by atoms with Crippen LogP contribution in [0.2, 0.25) is 0 Å². The van der Waals surface area contributed by atoms with Gasteiger partial charge in [0.1, 0.15) is 11.5 Å². The number of ketones is 1. The highest BCUT2D eigenvalue weighted by atomic mass is 19.1. The lowest BCUT2D eigenvalue weighted by molar-refractivity contribution is -0.137. The number of carbonyl (C=O) groups excluding carboxylic acids is 2. The molecular weight excluding hydrogens is 383 g/mol. The zero-order valence-corrected chi connectivity index (χ0v) is 17.3. The fraction of sp³-hybridized carbons (Fsp3) is 0.500. The quantitative estimate of drug-likeness (QED) is 0.759. The lowest BCUT2D eigenvalue weighted by Crippen LogP contribution is -2.61.